The van der Waals surface area contributed by atoms with Gasteiger partial charge in [-0.2, -0.15) is 18.2 Å². The number of carbonyl (C=O) groups is 3. The Morgan fingerprint density at radius 1 is 1.06 bits per heavy atom. The lowest BCUT2D eigenvalue weighted by molar-refractivity contribution is -0.145. The average molecular weight is 459 g/mol. The maximum atomic E-state index is 12.7. The van der Waals surface area contributed by atoms with E-state index in [9.17, 15) is 27.6 Å². The second kappa shape index (κ2) is 8.49. The van der Waals surface area contributed by atoms with Crippen molar-refractivity contribution in [2.75, 3.05) is 6.54 Å². The van der Waals surface area contributed by atoms with Gasteiger partial charge in [0, 0.05) is 12.1 Å². The second-order valence-electron chi connectivity index (χ2n) is 7.31. The monoisotopic (exact) mass is 459 g/mol. The van der Waals surface area contributed by atoms with Gasteiger partial charge < -0.3 is 9.26 Å². The van der Waals surface area contributed by atoms with Crippen molar-refractivity contribution >= 4 is 17.8 Å². The summed E-state index contributed by atoms with van der Waals surface area (Å²) in [4.78, 5) is 41.8. The predicted molar refractivity (Wildman–Crippen MR) is 106 cm³/mol. The van der Waals surface area contributed by atoms with Crippen molar-refractivity contribution in [3.8, 4) is 11.4 Å². The summed E-state index contributed by atoms with van der Waals surface area (Å²) in [6, 6.07) is 9.12. The minimum absolute atomic E-state index is 0.0380. The Bertz CT molecular complexity index is 1230. The Balaban J connectivity index is 1.30. The van der Waals surface area contributed by atoms with Crippen molar-refractivity contribution in [3.63, 3.8) is 0 Å². The molecule has 4 rings (SSSR count). The first-order valence-corrected chi connectivity index (χ1v) is 9.76. The Kier molecular flexibility index (Phi) is 5.71. The highest BCUT2D eigenvalue weighted by Crippen LogP contribution is 2.30. The molecule has 11 heteroatoms. The van der Waals surface area contributed by atoms with Gasteiger partial charge in [-0.15, -0.1) is 0 Å². The molecule has 3 aromatic rings. The first-order valence-electron chi connectivity index (χ1n) is 9.76. The van der Waals surface area contributed by atoms with Crippen LogP contribution in [-0.4, -0.2) is 39.4 Å². The summed E-state index contributed by atoms with van der Waals surface area (Å²) in [6.07, 6.45) is -4.69. The van der Waals surface area contributed by atoms with Gasteiger partial charge in [0.05, 0.1) is 23.1 Å². The maximum Gasteiger partial charge on any atom is 0.416 e. The van der Waals surface area contributed by atoms with Crippen LogP contribution < -0.4 is 0 Å². The quantitative estimate of drug-likeness (QED) is 0.408. The van der Waals surface area contributed by atoms with E-state index in [1.165, 1.54) is 12.1 Å². The summed E-state index contributed by atoms with van der Waals surface area (Å²) >= 11 is 0. The topological polar surface area (TPSA) is 103 Å². The normalized spacial score (nSPS) is 13.4. The maximum absolute atomic E-state index is 12.7. The fraction of sp³-hybridized carbons (Fsp3) is 0.227. The largest absolute Gasteiger partial charge is 0.456 e. The highest BCUT2D eigenvalue weighted by atomic mass is 19.4. The fourth-order valence-corrected chi connectivity index (χ4v) is 3.26. The van der Waals surface area contributed by atoms with E-state index in [2.05, 4.69) is 10.1 Å². The Morgan fingerprint density at radius 2 is 1.76 bits per heavy atom. The van der Waals surface area contributed by atoms with Gasteiger partial charge in [-0.25, -0.2) is 0 Å². The first kappa shape index (κ1) is 22.2. The van der Waals surface area contributed by atoms with Crippen molar-refractivity contribution in [1.82, 2.24) is 15.0 Å². The molecule has 0 bridgehead atoms. The van der Waals surface area contributed by atoms with E-state index in [0.29, 0.717) is 16.7 Å². The van der Waals surface area contributed by atoms with Crippen LogP contribution in [0, 0.1) is 6.92 Å². The summed E-state index contributed by atoms with van der Waals surface area (Å²) in [7, 11) is 0. The van der Waals surface area contributed by atoms with Crippen LogP contribution in [0.5, 0.6) is 0 Å². The molecular formula is C22H16F3N3O5. The van der Waals surface area contributed by atoms with Gasteiger partial charge in [0.2, 0.25) is 5.82 Å². The Labute approximate surface area is 184 Å². The molecule has 0 unspecified atom stereocenters. The number of halogens is 3. The van der Waals surface area contributed by atoms with E-state index in [0.717, 1.165) is 22.6 Å². The molecular weight excluding hydrogens is 443 g/mol. The molecule has 0 saturated carbocycles. The van der Waals surface area contributed by atoms with Crippen LogP contribution in [0.4, 0.5) is 13.2 Å². The number of rotatable bonds is 6. The minimum atomic E-state index is -4.46. The zero-order valence-corrected chi connectivity index (χ0v) is 17.2. The molecule has 0 fully saturated rings. The summed E-state index contributed by atoms with van der Waals surface area (Å²) in [5.74, 6) is -1.66. The van der Waals surface area contributed by atoms with E-state index in [1.54, 1.807) is 25.1 Å². The van der Waals surface area contributed by atoms with Crippen LogP contribution in [0.1, 0.15) is 44.2 Å². The molecule has 0 atom stereocenters. The van der Waals surface area contributed by atoms with Gasteiger partial charge in [0.15, 0.2) is 6.61 Å². The summed E-state index contributed by atoms with van der Waals surface area (Å²) in [5, 5.41) is 3.66. The number of hydrogen-bond acceptors (Lipinski definition) is 7. The Morgan fingerprint density at radius 3 is 2.45 bits per heavy atom. The predicted octanol–water partition coefficient (Wildman–Crippen LogP) is 3.79. The third-order valence-corrected chi connectivity index (χ3v) is 4.96. The number of esters is 1. The summed E-state index contributed by atoms with van der Waals surface area (Å²) < 4.78 is 47.9. The number of nitrogens with zero attached hydrogens (tertiary/aromatic N) is 3. The SMILES string of the molecule is Cc1ccc2c(c1)C(=O)N(CCC(=O)OCc1nc(-c3ccc(C(F)(F)F)cc3)no1)C2=O. The lowest BCUT2D eigenvalue weighted by Crippen LogP contribution is -2.32. The number of hydrogen-bond donors (Lipinski definition) is 0. The molecule has 0 saturated heterocycles. The third-order valence-electron chi connectivity index (χ3n) is 4.96. The summed E-state index contributed by atoms with van der Waals surface area (Å²) in [6.45, 7) is 1.29. The fourth-order valence-electron chi connectivity index (χ4n) is 3.26. The number of amides is 2. The van der Waals surface area contributed by atoms with Crippen molar-refractivity contribution in [1.29, 1.82) is 0 Å². The lowest BCUT2D eigenvalue weighted by Gasteiger charge is -2.12. The van der Waals surface area contributed by atoms with Gasteiger partial charge in [0.25, 0.3) is 17.7 Å². The molecule has 170 valence electrons. The molecule has 8 nitrogen and oxygen atoms in total. The number of alkyl halides is 3. The molecule has 1 aliphatic heterocycles. The van der Waals surface area contributed by atoms with Gasteiger partial charge in [-0.05, 0) is 31.2 Å². The first-order chi connectivity index (χ1) is 15.6. The molecule has 2 amide bonds. The van der Waals surface area contributed by atoms with Gasteiger partial charge >= 0.3 is 12.1 Å². The molecule has 1 aromatic heterocycles. The van der Waals surface area contributed by atoms with Gasteiger partial charge in [0.1, 0.15) is 0 Å². The molecule has 0 radical (unpaired) electrons. The van der Waals surface area contributed by atoms with Crippen LogP contribution in [0.25, 0.3) is 11.4 Å². The number of fused-ring (bicyclic) bond motifs is 1. The van der Waals surface area contributed by atoms with E-state index >= 15 is 0 Å². The van der Waals surface area contributed by atoms with Crippen molar-refractivity contribution in [2.24, 2.45) is 0 Å². The number of aryl methyl sites for hydroxylation is 1. The molecule has 0 aliphatic carbocycles. The summed E-state index contributed by atoms with van der Waals surface area (Å²) in [5.41, 5.74) is 0.921. The van der Waals surface area contributed by atoms with E-state index in [4.69, 9.17) is 9.26 Å². The number of ether oxygens (including phenoxy) is 1. The molecule has 2 heterocycles. The van der Waals surface area contributed by atoms with E-state index < -0.39 is 29.5 Å². The zero-order valence-electron chi connectivity index (χ0n) is 17.2. The molecule has 33 heavy (non-hydrogen) atoms. The lowest BCUT2D eigenvalue weighted by atomic mass is 10.1. The van der Waals surface area contributed by atoms with Crippen LogP contribution in [0.2, 0.25) is 0 Å². The minimum Gasteiger partial charge on any atom is -0.456 e. The number of benzene rings is 2. The highest BCUT2D eigenvalue weighted by molar-refractivity contribution is 6.21. The smallest absolute Gasteiger partial charge is 0.416 e. The second-order valence-corrected chi connectivity index (χ2v) is 7.31. The average Bonchev–Trinajstić information content (AvgIpc) is 3.34. The zero-order chi connectivity index (χ0) is 23.8. The van der Waals surface area contributed by atoms with Crippen LogP contribution in [0.3, 0.4) is 0 Å². The number of imide groups is 1. The molecule has 0 spiro atoms. The van der Waals surface area contributed by atoms with Crippen LogP contribution in [-0.2, 0) is 22.3 Å². The van der Waals surface area contributed by atoms with Gasteiger partial charge in [-0.1, -0.05) is 28.9 Å². The Hall–Kier alpha value is -4.02. The van der Waals surface area contributed by atoms with Crippen LogP contribution in [0.15, 0.2) is 47.0 Å². The van der Waals surface area contributed by atoms with Gasteiger partial charge in [-0.3, -0.25) is 19.3 Å². The van der Waals surface area contributed by atoms with E-state index in [-0.39, 0.29) is 31.3 Å². The standard InChI is InChI=1S/C22H16F3N3O5/c1-12-2-7-15-16(10-12)21(31)28(20(15)30)9-8-18(29)32-11-17-26-19(27-33-17)13-3-5-14(6-4-13)22(23,24)25/h2-7,10H,8-9,11H2,1H3. The van der Waals surface area contributed by atoms with Crippen molar-refractivity contribution < 1.29 is 36.8 Å². The number of carbonyl (C=O) groups excluding carboxylic acids is 3. The van der Waals surface area contributed by atoms with E-state index in [1.807, 2.05) is 0 Å². The van der Waals surface area contributed by atoms with Crippen LogP contribution >= 0.6 is 0 Å². The molecule has 2 aromatic carbocycles. The van der Waals surface area contributed by atoms with Crippen molar-refractivity contribution in [3.05, 3.63) is 70.6 Å². The highest BCUT2D eigenvalue weighted by Gasteiger charge is 2.35. The molecule has 1 aliphatic rings. The number of aromatic nitrogens is 2. The third kappa shape index (κ3) is 4.61. The van der Waals surface area contributed by atoms with Crippen molar-refractivity contribution in [2.45, 2.75) is 26.1 Å². The molecule has 0 N–H and O–H groups in total.